The summed E-state index contributed by atoms with van der Waals surface area (Å²) in [6.07, 6.45) is 1.85. The van der Waals surface area contributed by atoms with Crippen LogP contribution in [0.25, 0.3) is 6.08 Å². The minimum Gasteiger partial charge on any atom is -0.488 e. The Morgan fingerprint density at radius 2 is 2.18 bits per heavy atom. The summed E-state index contributed by atoms with van der Waals surface area (Å²) in [5.74, 6) is 0.706. The van der Waals surface area contributed by atoms with E-state index in [1.165, 1.54) is 0 Å². The molecule has 1 aliphatic rings. The van der Waals surface area contributed by atoms with E-state index in [-0.39, 0.29) is 18.3 Å². The molecule has 0 unspecified atom stereocenters. The number of para-hydroxylation sites is 1. The molecule has 1 heterocycles. The molecular formula is C12H15ClN2O2. The second-order valence-corrected chi connectivity index (χ2v) is 3.54. The first-order chi connectivity index (χ1) is 7.81. The molecule has 0 radical (unpaired) electrons. The molecule has 0 fully saturated rings. The van der Waals surface area contributed by atoms with Crippen molar-refractivity contribution in [2.75, 3.05) is 19.7 Å². The van der Waals surface area contributed by atoms with Crippen LogP contribution in [0.5, 0.6) is 5.75 Å². The highest BCUT2D eigenvalue weighted by molar-refractivity contribution is 5.99. The molecule has 4 nitrogen and oxygen atoms in total. The number of carbonyl (C=O) groups excluding carboxylic acids is 1. The highest BCUT2D eigenvalue weighted by atomic mass is 35.5. The van der Waals surface area contributed by atoms with Crippen LogP contribution >= 0.6 is 12.4 Å². The van der Waals surface area contributed by atoms with Gasteiger partial charge in [-0.15, -0.1) is 12.4 Å². The van der Waals surface area contributed by atoms with Crippen molar-refractivity contribution in [3.05, 3.63) is 35.4 Å². The van der Waals surface area contributed by atoms with Gasteiger partial charge in [-0.1, -0.05) is 18.2 Å². The number of halogens is 1. The Hall–Kier alpha value is -1.52. The Morgan fingerprint density at radius 3 is 2.94 bits per heavy atom. The van der Waals surface area contributed by atoms with E-state index in [9.17, 15) is 4.79 Å². The lowest BCUT2D eigenvalue weighted by molar-refractivity contribution is -0.117. The topological polar surface area (TPSA) is 64.3 Å². The van der Waals surface area contributed by atoms with Gasteiger partial charge < -0.3 is 15.8 Å². The lowest BCUT2D eigenvalue weighted by atomic mass is 10.1. The molecule has 92 valence electrons. The molecule has 1 amide bonds. The minimum atomic E-state index is -0.111. The van der Waals surface area contributed by atoms with Crippen molar-refractivity contribution in [2.45, 2.75) is 0 Å². The smallest absolute Gasteiger partial charge is 0.250 e. The highest BCUT2D eigenvalue weighted by Gasteiger charge is 2.15. The van der Waals surface area contributed by atoms with Crippen LogP contribution in [0.4, 0.5) is 0 Å². The normalized spacial score (nSPS) is 12.6. The van der Waals surface area contributed by atoms with E-state index in [2.05, 4.69) is 5.32 Å². The van der Waals surface area contributed by atoms with Crippen molar-refractivity contribution in [3.63, 3.8) is 0 Å². The molecule has 0 saturated heterocycles. The summed E-state index contributed by atoms with van der Waals surface area (Å²) in [5, 5.41) is 2.72. The van der Waals surface area contributed by atoms with Crippen LogP contribution in [-0.2, 0) is 4.79 Å². The zero-order valence-electron chi connectivity index (χ0n) is 9.31. The third kappa shape index (κ3) is 3.22. The maximum Gasteiger partial charge on any atom is 0.250 e. The summed E-state index contributed by atoms with van der Waals surface area (Å²) in [4.78, 5) is 11.7. The van der Waals surface area contributed by atoms with E-state index in [4.69, 9.17) is 10.5 Å². The average Bonchev–Trinajstić information content (AvgIpc) is 2.35. The van der Waals surface area contributed by atoms with Gasteiger partial charge in [0.05, 0.1) is 5.57 Å². The average molecular weight is 255 g/mol. The van der Waals surface area contributed by atoms with Gasteiger partial charge >= 0.3 is 0 Å². The van der Waals surface area contributed by atoms with E-state index in [0.717, 1.165) is 11.3 Å². The van der Waals surface area contributed by atoms with Gasteiger partial charge in [0.25, 0.3) is 5.91 Å². The SMILES string of the molecule is Cl.NCCNC(=O)C1=Cc2ccccc2OC1. The zero-order chi connectivity index (χ0) is 11.4. The molecule has 1 aromatic carbocycles. The van der Waals surface area contributed by atoms with Gasteiger partial charge in [0.1, 0.15) is 12.4 Å². The number of hydrogen-bond donors (Lipinski definition) is 2. The number of benzene rings is 1. The maximum atomic E-state index is 11.7. The third-order valence-electron chi connectivity index (χ3n) is 2.35. The number of nitrogens with one attached hydrogen (secondary N) is 1. The fourth-order valence-corrected chi connectivity index (χ4v) is 1.55. The fraction of sp³-hybridized carbons (Fsp3) is 0.250. The molecule has 0 atom stereocenters. The summed E-state index contributed by atoms with van der Waals surface area (Å²) in [5.41, 5.74) is 6.89. The highest BCUT2D eigenvalue weighted by Crippen LogP contribution is 2.25. The van der Waals surface area contributed by atoms with Crippen molar-refractivity contribution in [1.82, 2.24) is 5.32 Å². The van der Waals surface area contributed by atoms with Crippen LogP contribution in [0.3, 0.4) is 0 Å². The first-order valence-corrected chi connectivity index (χ1v) is 5.22. The van der Waals surface area contributed by atoms with Crippen LogP contribution in [0, 0.1) is 0 Å². The van der Waals surface area contributed by atoms with Crippen molar-refractivity contribution < 1.29 is 9.53 Å². The van der Waals surface area contributed by atoms with Gasteiger partial charge in [0.15, 0.2) is 0 Å². The largest absolute Gasteiger partial charge is 0.488 e. The van der Waals surface area contributed by atoms with Crippen LogP contribution in [0.2, 0.25) is 0 Å². The third-order valence-corrected chi connectivity index (χ3v) is 2.35. The van der Waals surface area contributed by atoms with E-state index in [0.29, 0.717) is 25.3 Å². The molecule has 1 aromatic rings. The first kappa shape index (κ1) is 13.5. The minimum absolute atomic E-state index is 0. The fourth-order valence-electron chi connectivity index (χ4n) is 1.55. The number of rotatable bonds is 3. The Labute approximate surface area is 106 Å². The van der Waals surface area contributed by atoms with Crippen molar-refractivity contribution >= 4 is 24.4 Å². The molecule has 2 rings (SSSR count). The number of nitrogens with two attached hydrogens (primary N) is 1. The summed E-state index contributed by atoms with van der Waals surface area (Å²) in [7, 11) is 0. The van der Waals surface area contributed by atoms with Gasteiger partial charge in [-0.2, -0.15) is 0 Å². The molecule has 0 aromatic heterocycles. The molecule has 0 saturated carbocycles. The number of fused-ring (bicyclic) bond motifs is 1. The summed E-state index contributed by atoms with van der Waals surface area (Å²) < 4.78 is 5.48. The quantitative estimate of drug-likeness (QED) is 0.845. The Morgan fingerprint density at radius 1 is 1.41 bits per heavy atom. The molecule has 5 heteroatoms. The second kappa shape index (κ2) is 6.27. The molecular weight excluding hydrogens is 240 g/mol. The van der Waals surface area contributed by atoms with Gasteiger partial charge in [0.2, 0.25) is 0 Å². The Balaban J connectivity index is 0.00000144. The molecule has 0 spiro atoms. The number of carbonyl (C=O) groups is 1. The zero-order valence-corrected chi connectivity index (χ0v) is 10.1. The molecule has 3 N–H and O–H groups in total. The number of ether oxygens (including phenoxy) is 1. The van der Waals surface area contributed by atoms with Crippen LogP contribution in [-0.4, -0.2) is 25.6 Å². The number of amides is 1. The van der Waals surface area contributed by atoms with Crippen LogP contribution in [0.1, 0.15) is 5.56 Å². The van der Waals surface area contributed by atoms with Crippen LogP contribution < -0.4 is 15.8 Å². The monoisotopic (exact) mass is 254 g/mol. The molecule has 0 bridgehead atoms. The van der Waals surface area contributed by atoms with E-state index in [1.54, 1.807) is 0 Å². The molecule has 0 aliphatic carbocycles. The summed E-state index contributed by atoms with van der Waals surface area (Å²) >= 11 is 0. The maximum absolute atomic E-state index is 11.7. The van der Waals surface area contributed by atoms with E-state index in [1.807, 2.05) is 30.3 Å². The molecule has 17 heavy (non-hydrogen) atoms. The Bertz CT molecular complexity index is 432. The van der Waals surface area contributed by atoms with E-state index >= 15 is 0 Å². The molecule has 1 aliphatic heterocycles. The standard InChI is InChI=1S/C12H14N2O2.ClH/c13-5-6-14-12(15)10-7-9-3-1-2-4-11(9)16-8-10;/h1-4,7H,5-6,8,13H2,(H,14,15);1H. The lowest BCUT2D eigenvalue weighted by Crippen LogP contribution is -2.32. The summed E-state index contributed by atoms with van der Waals surface area (Å²) in [6.45, 7) is 1.24. The van der Waals surface area contributed by atoms with Crippen LogP contribution in [0.15, 0.2) is 29.8 Å². The Kier molecular flexibility index (Phi) is 5.00. The predicted octanol–water partition coefficient (Wildman–Crippen LogP) is 0.959. The van der Waals surface area contributed by atoms with Gasteiger partial charge in [-0.3, -0.25) is 4.79 Å². The predicted molar refractivity (Wildman–Crippen MR) is 69.2 cm³/mol. The van der Waals surface area contributed by atoms with Crippen molar-refractivity contribution in [2.24, 2.45) is 5.73 Å². The van der Waals surface area contributed by atoms with Gasteiger partial charge in [-0.05, 0) is 12.1 Å². The van der Waals surface area contributed by atoms with Gasteiger partial charge in [0, 0.05) is 18.7 Å². The van der Waals surface area contributed by atoms with Crippen molar-refractivity contribution in [3.8, 4) is 5.75 Å². The lowest BCUT2D eigenvalue weighted by Gasteiger charge is -2.17. The second-order valence-electron chi connectivity index (χ2n) is 3.54. The summed E-state index contributed by atoms with van der Waals surface area (Å²) in [6, 6.07) is 7.64. The van der Waals surface area contributed by atoms with Gasteiger partial charge in [-0.25, -0.2) is 0 Å². The van der Waals surface area contributed by atoms with E-state index < -0.39 is 0 Å². The first-order valence-electron chi connectivity index (χ1n) is 5.22. The van der Waals surface area contributed by atoms with Crippen molar-refractivity contribution in [1.29, 1.82) is 0 Å². The number of hydrogen-bond acceptors (Lipinski definition) is 3.